The van der Waals surface area contributed by atoms with Gasteiger partial charge in [-0.3, -0.25) is 9.59 Å². The summed E-state index contributed by atoms with van der Waals surface area (Å²) in [6, 6.07) is 10.7. The van der Waals surface area contributed by atoms with Gasteiger partial charge in [-0.15, -0.1) is 0 Å². The van der Waals surface area contributed by atoms with Gasteiger partial charge in [-0.05, 0) is 25.0 Å². The summed E-state index contributed by atoms with van der Waals surface area (Å²) in [6.07, 6.45) is 0.856. The molecule has 1 aromatic heterocycles. The first-order chi connectivity index (χ1) is 10.1. The van der Waals surface area contributed by atoms with E-state index >= 15 is 0 Å². The standard InChI is InChI=1S/C16H19N3O2/c1-3-10-17-16(21)14-8-9-15(20)19(18-14)11-13-6-4-12(2)5-7-13/h4-9H,3,10-11H2,1-2H3,(H,17,21). The van der Waals surface area contributed by atoms with Gasteiger partial charge in [0.2, 0.25) is 0 Å². The number of aryl methyl sites for hydroxylation is 1. The zero-order chi connectivity index (χ0) is 15.2. The van der Waals surface area contributed by atoms with E-state index in [0.29, 0.717) is 13.1 Å². The zero-order valence-corrected chi connectivity index (χ0v) is 12.3. The summed E-state index contributed by atoms with van der Waals surface area (Å²) in [4.78, 5) is 23.7. The molecule has 0 bridgehead atoms. The molecule has 5 heteroatoms. The monoisotopic (exact) mass is 285 g/mol. The molecule has 0 radical (unpaired) electrons. The maximum absolute atomic E-state index is 11.9. The Hall–Kier alpha value is -2.43. The largest absolute Gasteiger partial charge is 0.351 e. The van der Waals surface area contributed by atoms with Crippen molar-refractivity contribution >= 4 is 5.91 Å². The van der Waals surface area contributed by atoms with Crippen molar-refractivity contribution in [1.82, 2.24) is 15.1 Å². The van der Waals surface area contributed by atoms with Crippen molar-refractivity contribution in [2.24, 2.45) is 0 Å². The van der Waals surface area contributed by atoms with Crippen LogP contribution in [0.2, 0.25) is 0 Å². The van der Waals surface area contributed by atoms with Gasteiger partial charge in [0.15, 0.2) is 0 Å². The first-order valence-electron chi connectivity index (χ1n) is 7.02. The molecule has 1 amide bonds. The Bertz CT molecular complexity index is 675. The van der Waals surface area contributed by atoms with Crippen LogP contribution in [0.25, 0.3) is 0 Å². The topological polar surface area (TPSA) is 64.0 Å². The summed E-state index contributed by atoms with van der Waals surface area (Å²) in [5, 5.41) is 6.88. The number of amides is 1. The van der Waals surface area contributed by atoms with Crippen LogP contribution in [0.5, 0.6) is 0 Å². The van der Waals surface area contributed by atoms with Gasteiger partial charge in [0, 0.05) is 12.6 Å². The van der Waals surface area contributed by atoms with Crippen LogP contribution in [0, 0.1) is 6.92 Å². The van der Waals surface area contributed by atoms with E-state index in [4.69, 9.17) is 0 Å². The molecule has 0 aliphatic carbocycles. The van der Waals surface area contributed by atoms with Gasteiger partial charge < -0.3 is 5.32 Å². The van der Waals surface area contributed by atoms with E-state index in [2.05, 4.69) is 10.4 Å². The predicted molar refractivity (Wildman–Crippen MR) is 81.4 cm³/mol. The first kappa shape index (κ1) is 15.0. The summed E-state index contributed by atoms with van der Waals surface area (Å²) < 4.78 is 1.31. The third-order valence-electron chi connectivity index (χ3n) is 3.09. The molecular weight excluding hydrogens is 266 g/mol. The maximum atomic E-state index is 11.9. The van der Waals surface area contributed by atoms with E-state index in [9.17, 15) is 9.59 Å². The quantitative estimate of drug-likeness (QED) is 0.910. The summed E-state index contributed by atoms with van der Waals surface area (Å²) in [6.45, 7) is 4.94. The van der Waals surface area contributed by atoms with Gasteiger partial charge in [0.1, 0.15) is 5.69 Å². The number of aromatic nitrogens is 2. The molecule has 0 aliphatic rings. The molecule has 1 heterocycles. The van der Waals surface area contributed by atoms with E-state index in [1.165, 1.54) is 16.8 Å². The fourth-order valence-electron chi connectivity index (χ4n) is 1.88. The fourth-order valence-corrected chi connectivity index (χ4v) is 1.88. The molecule has 1 N–H and O–H groups in total. The summed E-state index contributed by atoms with van der Waals surface area (Å²) in [7, 11) is 0. The highest BCUT2D eigenvalue weighted by atomic mass is 16.2. The molecule has 2 rings (SSSR count). The molecule has 110 valence electrons. The molecule has 2 aromatic rings. The van der Waals surface area contributed by atoms with Gasteiger partial charge in [0.25, 0.3) is 11.5 Å². The number of carbonyl (C=O) groups excluding carboxylic acids is 1. The number of nitrogens with one attached hydrogen (secondary N) is 1. The van der Waals surface area contributed by atoms with E-state index in [1.54, 1.807) is 0 Å². The van der Waals surface area contributed by atoms with Gasteiger partial charge in [-0.1, -0.05) is 36.8 Å². The molecule has 0 unspecified atom stereocenters. The number of carbonyl (C=O) groups is 1. The number of hydrogen-bond donors (Lipinski definition) is 1. The lowest BCUT2D eigenvalue weighted by molar-refractivity contribution is 0.0946. The van der Waals surface area contributed by atoms with Crippen LogP contribution in [0.3, 0.4) is 0 Å². The van der Waals surface area contributed by atoms with E-state index < -0.39 is 0 Å². The Morgan fingerprint density at radius 1 is 1.19 bits per heavy atom. The number of rotatable bonds is 5. The molecule has 1 aromatic carbocycles. The van der Waals surface area contributed by atoms with Crippen LogP contribution in [0.4, 0.5) is 0 Å². The van der Waals surface area contributed by atoms with Crippen LogP contribution in [-0.2, 0) is 6.54 Å². The van der Waals surface area contributed by atoms with Crippen molar-refractivity contribution in [3.8, 4) is 0 Å². The van der Waals surface area contributed by atoms with E-state index in [0.717, 1.165) is 17.5 Å². The smallest absolute Gasteiger partial charge is 0.271 e. The van der Waals surface area contributed by atoms with Gasteiger partial charge in [-0.25, -0.2) is 4.68 Å². The molecule has 0 saturated heterocycles. The van der Waals surface area contributed by atoms with Crippen molar-refractivity contribution in [3.05, 3.63) is 63.6 Å². The Balaban J connectivity index is 2.21. The van der Waals surface area contributed by atoms with Crippen molar-refractivity contribution in [2.45, 2.75) is 26.8 Å². The number of benzene rings is 1. The second kappa shape index (κ2) is 6.83. The lowest BCUT2D eigenvalue weighted by Gasteiger charge is -2.07. The third kappa shape index (κ3) is 4.02. The minimum Gasteiger partial charge on any atom is -0.351 e. The van der Waals surface area contributed by atoms with Crippen molar-refractivity contribution < 1.29 is 4.79 Å². The number of nitrogens with zero attached hydrogens (tertiary/aromatic N) is 2. The number of hydrogen-bond acceptors (Lipinski definition) is 3. The maximum Gasteiger partial charge on any atom is 0.271 e. The highest BCUT2D eigenvalue weighted by molar-refractivity contribution is 5.91. The summed E-state index contributed by atoms with van der Waals surface area (Å²) in [5.74, 6) is -0.255. The fraction of sp³-hybridized carbons (Fsp3) is 0.312. The SMILES string of the molecule is CCCNC(=O)c1ccc(=O)n(Cc2ccc(C)cc2)n1. The highest BCUT2D eigenvalue weighted by Crippen LogP contribution is 2.04. The van der Waals surface area contributed by atoms with Crippen molar-refractivity contribution in [3.63, 3.8) is 0 Å². The second-order valence-electron chi connectivity index (χ2n) is 4.96. The lowest BCUT2D eigenvalue weighted by Crippen LogP contribution is -2.30. The minimum absolute atomic E-state index is 0.220. The van der Waals surface area contributed by atoms with Crippen LogP contribution in [0.1, 0.15) is 35.0 Å². The van der Waals surface area contributed by atoms with E-state index in [1.807, 2.05) is 38.1 Å². The molecule has 0 atom stereocenters. The summed E-state index contributed by atoms with van der Waals surface area (Å²) in [5.41, 5.74) is 2.17. The normalized spacial score (nSPS) is 10.4. The molecular formula is C16H19N3O2. The van der Waals surface area contributed by atoms with Gasteiger partial charge >= 0.3 is 0 Å². The molecule has 0 saturated carbocycles. The average molecular weight is 285 g/mol. The molecule has 0 fully saturated rings. The van der Waals surface area contributed by atoms with Crippen LogP contribution in [0.15, 0.2) is 41.2 Å². The Kier molecular flexibility index (Phi) is 4.87. The molecule has 0 spiro atoms. The summed E-state index contributed by atoms with van der Waals surface area (Å²) >= 11 is 0. The highest BCUT2D eigenvalue weighted by Gasteiger charge is 2.09. The van der Waals surface area contributed by atoms with Crippen LogP contribution >= 0.6 is 0 Å². The average Bonchev–Trinajstić information content (AvgIpc) is 2.49. The molecule has 5 nitrogen and oxygen atoms in total. The van der Waals surface area contributed by atoms with Crippen LogP contribution in [-0.4, -0.2) is 22.2 Å². The predicted octanol–water partition coefficient (Wildman–Crippen LogP) is 1.74. The van der Waals surface area contributed by atoms with E-state index in [-0.39, 0.29) is 17.2 Å². The minimum atomic E-state index is -0.255. The van der Waals surface area contributed by atoms with Gasteiger partial charge in [-0.2, -0.15) is 5.10 Å². The zero-order valence-electron chi connectivity index (χ0n) is 12.3. The Labute approximate surface area is 123 Å². The Morgan fingerprint density at radius 3 is 2.57 bits per heavy atom. The first-order valence-corrected chi connectivity index (χ1v) is 7.02. The second-order valence-corrected chi connectivity index (χ2v) is 4.96. The third-order valence-corrected chi connectivity index (χ3v) is 3.09. The molecule has 21 heavy (non-hydrogen) atoms. The molecule has 0 aliphatic heterocycles. The lowest BCUT2D eigenvalue weighted by atomic mass is 10.1. The van der Waals surface area contributed by atoms with Crippen LogP contribution < -0.4 is 10.9 Å². The van der Waals surface area contributed by atoms with Crippen molar-refractivity contribution in [2.75, 3.05) is 6.54 Å². The van der Waals surface area contributed by atoms with Crippen molar-refractivity contribution in [1.29, 1.82) is 0 Å². The van der Waals surface area contributed by atoms with Gasteiger partial charge in [0.05, 0.1) is 6.54 Å². The Morgan fingerprint density at radius 2 is 1.90 bits per heavy atom.